The Morgan fingerprint density at radius 2 is 1.62 bits per heavy atom. The Morgan fingerprint density at radius 1 is 0.906 bits per heavy atom. The lowest BCUT2D eigenvalue weighted by atomic mass is 9.78. The molecule has 2 heteroatoms. The van der Waals surface area contributed by atoms with Gasteiger partial charge in [-0.25, -0.2) is 0 Å². The zero-order valence-corrected chi connectivity index (χ0v) is 21.3. The Hall–Kier alpha value is -2.35. The van der Waals surface area contributed by atoms with Crippen molar-refractivity contribution in [1.29, 1.82) is 0 Å². The summed E-state index contributed by atoms with van der Waals surface area (Å²) in [7, 11) is 0. The van der Waals surface area contributed by atoms with Gasteiger partial charge in [-0.2, -0.15) is 0 Å². The fourth-order valence-electron chi connectivity index (χ4n) is 4.73. The molecule has 1 atom stereocenters. The van der Waals surface area contributed by atoms with Crippen LogP contribution < -0.4 is 0 Å². The third kappa shape index (κ3) is 4.56. The second kappa shape index (κ2) is 8.21. The molecule has 0 spiro atoms. The first-order valence-electron chi connectivity index (χ1n) is 12.3. The lowest BCUT2D eigenvalue weighted by Crippen LogP contribution is -2.18. The van der Waals surface area contributed by atoms with Crippen LogP contribution in [0.15, 0.2) is 47.5 Å². The van der Waals surface area contributed by atoms with Crippen LogP contribution in [-0.4, -0.2) is 10.7 Å². The number of nitrogens with zero attached hydrogens (tertiary/aromatic N) is 1. The molecule has 2 nitrogen and oxygen atoms in total. The quantitative estimate of drug-likeness (QED) is 0.407. The smallest absolute Gasteiger partial charge is 0.0668 e. The van der Waals surface area contributed by atoms with Crippen LogP contribution in [0.3, 0.4) is 0 Å². The molecule has 3 aromatic rings. The Labute approximate surface area is 194 Å². The van der Waals surface area contributed by atoms with Gasteiger partial charge in [0.2, 0.25) is 0 Å². The van der Waals surface area contributed by atoms with Crippen molar-refractivity contribution >= 4 is 22.3 Å². The summed E-state index contributed by atoms with van der Waals surface area (Å²) in [5.41, 5.74) is 9.59. The molecule has 1 aliphatic heterocycles. The number of rotatable bonds is 6. The van der Waals surface area contributed by atoms with Gasteiger partial charge in [0.15, 0.2) is 0 Å². The molecule has 1 unspecified atom stereocenters. The van der Waals surface area contributed by atoms with E-state index in [0.29, 0.717) is 11.8 Å². The van der Waals surface area contributed by atoms with Gasteiger partial charge in [0.1, 0.15) is 0 Å². The van der Waals surface area contributed by atoms with E-state index in [9.17, 15) is 0 Å². The van der Waals surface area contributed by atoms with Gasteiger partial charge in [-0.1, -0.05) is 73.6 Å². The standard InChI is InChI=1S/C30H40N2/c1-19(2)26-16-21-9-10-24(18-28(21)32-26)30(7,8)14-13-20(3)27-17-22-15-23(29(4,5)6)11-12-25(22)31-27/h9-12,15,17-20,31H,13-14,16H2,1-8H3. The number of hydrogen-bond acceptors (Lipinski definition) is 1. The van der Waals surface area contributed by atoms with E-state index >= 15 is 0 Å². The third-order valence-corrected chi connectivity index (χ3v) is 7.41. The van der Waals surface area contributed by atoms with Crippen LogP contribution in [0.5, 0.6) is 0 Å². The maximum atomic E-state index is 4.93. The Bertz CT molecular complexity index is 1150. The van der Waals surface area contributed by atoms with E-state index in [0.717, 1.165) is 19.3 Å². The van der Waals surface area contributed by atoms with Gasteiger partial charge in [0.05, 0.1) is 5.69 Å². The average Bonchev–Trinajstić information content (AvgIpc) is 3.34. The van der Waals surface area contributed by atoms with E-state index in [2.05, 4.69) is 103 Å². The van der Waals surface area contributed by atoms with Crippen LogP contribution in [0.25, 0.3) is 10.9 Å². The molecule has 0 aliphatic carbocycles. The zero-order valence-electron chi connectivity index (χ0n) is 21.3. The first-order chi connectivity index (χ1) is 14.9. The molecule has 0 saturated carbocycles. The summed E-state index contributed by atoms with van der Waals surface area (Å²) in [4.78, 5) is 8.61. The molecular weight excluding hydrogens is 388 g/mol. The zero-order chi connectivity index (χ0) is 23.3. The van der Waals surface area contributed by atoms with Gasteiger partial charge in [0.25, 0.3) is 0 Å². The number of aromatic nitrogens is 1. The number of aliphatic imine (C=N–C) groups is 1. The van der Waals surface area contributed by atoms with E-state index in [-0.39, 0.29) is 10.8 Å². The van der Waals surface area contributed by atoms with Crippen molar-refractivity contribution in [2.24, 2.45) is 10.9 Å². The molecule has 32 heavy (non-hydrogen) atoms. The topological polar surface area (TPSA) is 28.1 Å². The van der Waals surface area contributed by atoms with Gasteiger partial charge in [-0.05, 0) is 81.8 Å². The SMILES string of the molecule is CC(C)C1=Nc2cc(C(C)(C)CCC(C)c3cc4cc(C(C)(C)C)ccc4[nH]3)ccc2C1. The minimum Gasteiger partial charge on any atom is -0.358 e. The van der Waals surface area contributed by atoms with Crippen LogP contribution in [0, 0.1) is 5.92 Å². The largest absolute Gasteiger partial charge is 0.358 e. The highest BCUT2D eigenvalue weighted by Crippen LogP contribution is 2.38. The van der Waals surface area contributed by atoms with Crippen molar-refractivity contribution in [2.75, 3.05) is 0 Å². The van der Waals surface area contributed by atoms with Crippen LogP contribution in [0.1, 0.15) is 96.5 Å². The third-order valence-electron chi connectivity index (χ3n) is 7.41. The van der Waals surface area contributed by atoms with Gasteiger partial charge in [-0.15, -0.1) is 0 Å². The molecule has 2 heterocycles. The predicted octanol–water partition coefficient (Wildman–Crippen LogP) is 8.61. The summed E-state index contributed by atoms with van der Waals surface area (Å²) in [5, 5.41) is 1.33. The first-order valence-corrected chi connectivity index (χ1v) is 12.3. The van der Waals surface area contributed by atoms with Crippen molar-refractivity contribution in [3.63, 3.8) is 0 Å². The Kier molecular flexibility index (Phi) is 5.86. The van der Waals surface area contributed by atoms with Gasteiger partial charge in [-0.3, -0.25) is 4.99 Å². The first kappa shape index (κ1) is 22.8. The Balaban J connectivity index is 1.48. The maximum absolute atomic E-state index is 4.93. The minimum atomic E-state index is 0.130. The summed E-state index contributed by atoms with van der Waals surface area (Å²) >= 11 is 0. The Morgan fingerprint density at radius 3 is 2.31 bits per heavy atom. The second-order valence-electron chi connectivity index (χ2n) is 11.9. The molecule has 2 aromatic carbocycles. The fraction of sp³-hybridized carbons (Fsp3) is 0.500. The number of hydrogen-bond donors (Lipinski definition) is 1. The number of nitrogens with one attached hydrogen (secondary N) is 1. The van der Waals surface area contributed by atoms with Crippen molar-refractivity contribution < 1.29 is 0 Å². The van der Waals surface area contributed by atoms with Crippen molar-refractivity contribution in [1.82, 2.24) is 4.98 Å². The summed E-state index contributed by atoms with van der Waals surface area (Å²) < 4.78 is 0. The summed E-state index contributed by atoms with van der Waals surface area (Å²) in [6.45, 7) is 18.4. The highest BCUT2D eigenvalue weighted by atomic mass is 14.8. The minimum absolute atomic E-state index is 0.130. The molecular formula is C30H40N2. The number of fused-ring (bicyclic) bond motifs is 2. The molecule has 0 amide bonds. The van der Waals surface area contributed by atoms with Gasteiger partial charge in [0, 0.05) is 23.3 Å². The molecule has 0 radical (unpaired) electrons. The molecule has 0 bridgehead atoms. The fourth-order valence-corrected chi connectivity index (χ4v) is 4.73. The number of benzene rings is 2. The summed E-state index contributed by atoms with van der Waals surface area (Å²) in [5.74, 6) is 1.02. The highest BCUT2D eigenvalue weighted by Gasteiger charge is 2.25. The number of H-pyrrole nitrogens is 1. The molecule has 1 N–H and O–H groups in total. The molecule has 4 rings (SSSR count). The summed E-state index contributed by atoms with van der Waals surface area (Å²) in [6.07, 6.45) is 3.32. The van der Waals surface area contributed by atoms with E-state index in [1.807, 2.05) is 0 Å². The second-order valence-corrected chi connectivity index (χ2v) is 11.9. The predicted molar refractivity (Wildman–Crippen MR) is 140 cm³/mol. The lowest BCUT2D eigenvalue weighted by molar-refractivity contribution is 0.437. The molecule has 0 fully saturated rings. The van der Waals surface area contributed by atoms with E-state index in [4.69, 9.17) is 4.99 Å². The molecule has 170 valence electrons. The molecule has 1 aliphatic rings. The van der Waals surface area contributed by atoms with Crippen molar-refractivity contribution in [3.05, 3.63) is 64.8 Å². The number of aromatic amines is 1. The van der Waals surface area contributed by atoms with Crippen LogP contribution in [-0.2, 0) is 17.3 Å². The maximum Gasteiger partial charge on any atom is 0.0668 e. The monoisotopic (exact) mass is 428 g/mol. The highest BCUT2D eigenvalue weighted by molar-refractivity contribution is 5.95. The normalized spacial score (nSPS) is 15.3. The molecule has 1 aromatic heterocycles. The van der Waals surface area contributed by atoms with E-state index in [1.165, 1.54) is 44.7 Å². The van der Waals surface area contributed by atoms with Crippen molar-refractivity contribution in [3.8, 4) is 0 Å². The van der Waals surface area contributed by atoms with Crippen molar-refractivity contribution in [2.45, 2.75) is 91.4 Å². The average molecular weight is 429 g/mol. The lowest BCUT2D eigenvalue weighted by Gasteiger charge is -2.27. The van der Waals surface area contributed by atoms with Crippen LogP contribution in [0.2, 0.25) is 0 Å². The van der Waals surface area contributed by atoms with E-state index in [1.54, 1.807) is 0 Å². The van der Waals surface area contributed by atoms with Gasteiger partial charge < -0.3 is 4.98 Å². The van der Waals surface area contributed by atoms with Crippen LogP contribution in [0.4, 0.5) is 5.69 Å². The summed E-state index contributed by atoms with van der Waals surface area (Å²) in [6, 6.07) is 16.2. The van der Waals surface area contributed by atoms with Gasteiger partial charge >= 0.3 is 0 Å². The van der Waals surface area contributed by atoms with Crippen LogP contribution >= 0.6 is 0 Å². The van der Waals surface area contributed by atoms with E-state index < -0.39 is 0 Å². The molecule has 0 saturated heterocycles.